The van der Waals surface area contributed by atoms with Crippen LogP contribution >= 0.6 is 0 Å². The van der Waals surface area contributed by atoms with Gasteiger partial charge < -0.3 is 36.8 Å². The van der Waals surface area contributed by atoms with Gasteiger partial charge in [0.05, 0.1) is 6.42 Å². The molecule has 0 aliphatic carbocycles. The van der Waals surface area contributed by atoms with Gasteiger partial charge in [-0.05, 0) is 6.42 Å². The molecule has 0 aliphatic heterocycles. The van der Waals surface area contributed by atoms with Crippen LogP contribution in [0.4, 0.5) is 0 Å². The SMILES string of the molecule is NC(CC(NCCNC(CC(=O)O)C(=O)O)C(=O)O)C(=O)O. The molecule has 22 heavy (non-hydrogen) atoms. The zero-order valence-corrected chi connectivity index (χ0v) is 11.6. The molecule has 11 heteroatoms. The van der Waals surface area contributed by atoms with Gasteiger partial charge >= 0.3 is 23.9 Å². The van der Waals surface area contributed by atoms with E-state index >= 15 is 0 Å². The van der Waals surface area contributed by atoms with Crippen molar-refractivity contribution in [1.82, 2.24) is 10.6 Å². The van der Waals surface area contributed by atoms with Gasteiger partial charge in [-0.1, -0.05) is 0 Å². The van der Waals surface area contributed by atoms with Crippen molar-refractivity contribution < 1.29 is 39.6 Å². The van der Waals surface area contributed by atoms with Crippen LogP contribution in [0.2, 0.25) is 0 Å². The summed E-state index contributed by atoms with van der Waals surface area (Å²) in [5.41, 5.74) is 5.24. The first kappa shape index (κ1) is 19.8. The molecule has 0 saturated heterocycles. The third-order valence-electron chi connectivity index (χ3n) is 2.69. The lowest BCUT2D eigenvalue weighted by atomic mass is 10.1. The minimum Gasteiger partial charge on any atom is -0.481 e. The van der Waals surface area contributed by atoms with Crippen LogP contribution in [0.3, 0.4) is 0 Å². The molecule has 8 N–H and O–H groups in total. The van der Waals surface area contributed by atoms with Crippen molar-refractivity contribution in [2.45, 2.75) is 31.0 Å². The highest BCUT2D eigenvalue weighted by atomic mass is 16.4. The fourth-order valence-electron chi connectivity index (χ4n) is 1.54. The first-order valence-corrected chi connectivity index (χ1v) is 6.27. The molecule has 0 rings (SSSR count). The molecule has 0 radical (unpaired) electrons. The second-order valence-corrected chi connectivity index (χ2v) is 4.47. The molecule has 126 valence electrons. The second kappa shape index (κ2) is 9.65. The quantitative estimate of drug-likeness (QED) is 0.185. The Labute approximate surface area is 125 Å². The molecule has 11 nitrogen and oxygen atoms in total. The Kier molecular flexibility index (Phi) is 8.67. The van der Waals surface area contributed by atoms with Gasteiger partial charge in [-0.25, -0.2) is 0 Å². The van der Waals surface area contributed by atoms with E-state index in [0.717, 1.165) is 0 Å². The fraction of sp³-hybridized carbons (Fsp3) is 0.636. The Hall–Kier alpha value is -2.24. The highest BCUT2D eigenvalue weighted by Crippen LogP contribution is 1.97. The standard InChI is InChI=1S/C11H19N3O8/c12-5(9(17)18)3-6(10(19)20)13-1-2-14-7(11(21)22)4-8(15)16/h5-7,13-14H,1-4,12H2,(H,15,16)(H,17,18)(H,19,20)(H,21,22). The summed E-state index contributed by atoms with van der Waals surface area (Å²) >= 11 is 0. The van der Waals surface area contributed by atoms with Crippen LogP contribution in [0.15, 0.2) is 0 Å². The summed E-state index contributed by atoms with van der Waals surface area (Å²) in [7, 11) is 0. The summed E-state index contributed by atoms with van der Waals surface area (Å²) in [6, 6.07) is -3.86. The van der Waals surface area contributed by atoms with Gasteiger partial charge in [0.2, 0.25) is 0 Å². The van der Waals surface area contributed by atoms with E-state index in [1.54, 1.807) is 0 Å². The van der Waals surface area contributed by atoms with Crippen molar-refractivity contribution in [1.29, 1.82) is 0 Å². The van der Waals surface area contributed by atoms with E-state index in [1.165, 1.54) is 0 Å². The van der Waals surface area contributed by atoms with Crippen LogP contribution in [-0.2, 0) is 19.2 Å². The minimum atomic E-state index is -1.35. The van der Waals surface area contributed by atoms with Crippen LogP contribution in [0, 0.1) is 0 Å². The number of carboxylic acid groups (broad SMARTS) is 4. The number of nitrogens with two attached hydrogens (primary N) is 1. The average Bonchev–Trinajstić information content (AvgIpc) is 2.39. The first-order valence-electron chi connectivity index (χ1n) is 6.27. The van der Waals surface area contributed by atoms with Crippen LogP contribution < -0.4 is 16.4 Å². The van der Waals surface area contributed by atoms with Crippen LogP contribution in [-0.4, -0.2) is 75.5 Å². The predicted molar refractivity (Wildman–Crippen MR) is 71.3 cm³/mol. The molecule has 3 unspecified atom stereocenters. The summed E-state index contributed by atoms with van der Waals surface area (Å²) in [6.45, 7) is -0.0248. The molecule has 0 bridgehead atoms. The molecular formula is C11H19N3O8. The number of nitrogens with one attached hydrogen (secondary N) is 2. The largest absolute Gasteiger partial charge is 0.481 e. The topological polar surface area (TPSA) is 199 Å². The summed E-state index contributed by atoms with van der Waals surface area (Å²) in [6.07, 6.45) is -0.969. The van der Waals surface area contributed by atoms with Crippen molar-refractivity contribution >= 4 is 23.9 Å². The molecule has 0 aromatic heterocycles. The number of carboxylic acids is 4. The van der Waals surface area contributed by atoms with E-state index in [0.29, 0.717) is 0 Å². The van der Waals surface area contributed by atoms with Gasteiger partial charge in [0.1, 0.15) is 18.1 Å². The monoisotopic (exact) mass is 321 g/mol. The molecule has 0 saturated carbocycles. The lowest BCUT2D eigenvalue weighted by Crippen LogP contribution is -2.47. The number of carbonyl (C=O) groups is 4. The van der Waals surface area contributed by atoms with E-state index in [4.69, 9.17) is 26.2 Å². The summed E-state index contributed by atoms with van der Waals surface area (Å²) in [4.78, 5) is 42.7. The third kappa shape index (κ3) is 8.14. The van der Waals surface area contributed by atoms with E-state index < -0.39 is 48.4 Å². The van der Waals surface area contributed by atoms with E-state index in [-0.39, 0.29) is 19.5 Å². The Balaban J connectivity index is 4.27. The van der Waals surface area contributed by atoms with Crippen LogP contribution in [0.5, 0.6) is 0 Å². The van der Waals surface area contributed by atoms with Crippen molar-refractivity contribution in [2.24, 2.45) is 5.73 Å². The summed E-state index contributed by atoms with van der Waals surface area (Å²) in [5.74, 6) is -5.26. The molecule has 0 spiro atoms. The highest BCUT2D eigenvalue weighted by Gasteiger charge is 2.24. The normalized spacial score (nSPS) is 14.8. The van der Waals surface area contributed by atoms with Gasteiger partial charge in [0.25, 0.3) is 0 Å². The maximum atomic E-state index is 10.9. The van der Waals surface area contributed by atoms with Crippen LogP contribution in [0.1, 0.15) is 12.8 Å². The van der Waals surface area contributed by atoms with Gasteiger partial charge in [-0.3, -0.25) is 19.2 Å². The summed E-state index contributed by atoms with van der Waals surface area (Å²) in [5, 5.41) is 39.8. The van der Waals surface area contributed by atoms with Crippen molar-refractivity contribution in [3.8, 4) is 0 Å². The fourth-order valence-corrected chi connectivity index (χ4v) is 1.54. The highest BCUT2D eigenvalue weighted by molar-refractivity contribution is 5.80. The zero-order chi connectivity index (χ0) is 17.3. The molecule has 0 heterocycles. The Bertz CT molecular complexity index is 428. The minimum absolute atomic E-state index is 0.00724. The maximum absolute atomic E-state index is 10.9. The lowest BCUT2D eigenvalue weighted by molar-refractivity contribution is -0.145. The lowest BCUT2D eigenvalue weighted by Gasteiger charge is -2.18. The third-order valence-corrected chi connectivity index (χ3v) is 2.69. The molecule has 0 amide bonds. The van der Waals surface area contributed by atoms with E-state index in [1.807, 2.05) is 0 Å². The first-order chi connectivity index (χ1) is 10.1. The predicted octanol–water partition coefficient (Wildman–Crippen LogP) is -2.65. The van der Waals surface area contributed by atoms with Crippen molar-refractivity contribution in [3.05, 3.63) is 0 Å². The number of hydrogen-bond acceptors (Lipinski definition) is 7. The van der Waals surface area contributed by atoms with E-state index in [9.17, 15) is 19.2 Å². The number of hydrogen-bond donors (Lipinski definition) is 7. The average molecular weight is 321 g/mol. The van der Waals surface area contributed by atoms with Gasteiger partial charge in [0, 0.05) is 13.1 Å². The van der Waals surface area contributed by atoms with Gasteiger partial charge in [-0.2, -0.15) is 0 Å². The Morgan fingerprint density at radius 3 is 1.64 bits per heavy atom. The van der Waals surface area contributed by atoms with Gasteiger partial charge in [0.15, 0.2) is 0 Å². The van der Waals surface area contributed by atoms with Crippen molar-refractivity contribution in [2.75, 3.05) is 13.1 Å². The Morgan fingerprint density at radius 2 is 1.27 bits per heavy atom. The molecular weight excluding hydrogens is 302 g/mol. The number of aliphatic carboxylic acids is 4. The van der Waals surface area contributed by atoms with Crippen LogP contribution in [0.25, 0.3) is 0 Å². The molecule has 0 aliphatic rings. The molecule has 0 aromatic rings. The second-order valence-electron chi connectivity index (χ2n) is 4.47. The number of rotatable bonds is 12. The van der Waals surface area contributed by atoms with Crippen molar-refractivity contribution in [3.63, 3.8) is 0 Å². The molecule has 0 fully saturated rings. The smallest absolute Gasteiger partial charge is 0.321 e. The zero-order valence-electron chi connectivity index (χ0n) is 11.6. The van der Waals surface area contributed by atoms with E-state index in [2.05, 4.69) is 10.6 Å². The molecule has 0 aromatic carbocycles. The maximum Gasteiger partial charge on any atom is 0.321 e. The summed E-state index contributed by atoms with van der Waals surface area (Å²) < 4.78 is 0. The Morgan fingerprint density at radius 1 is 0.818 bits per heavy atom. The van der Waals surface area contributed by atoms with Gasteiger partial charge in [-0.15, -0.1) is 0 Å². The molecule has 3 atom stereocenters.